The van der Waals surface area contributed by atoms with Gasteiger partial charge in [-0.05, 0) is 32.5 Å². The third-order valence-corrected chi connectivity index (χ3v) is 1.70. The van der Waals surface area contributed by atoms with Crippen LogP contribution in [0.4, 0.5) is 0 Å². The number of rotatable bonds is 0. The summed E-state index contributed by atoms with van der Waals surface area (Å²) >= 11 is 4.94. The van der Waals surface area contributed by atoms with Crippen molar-refractivity contribution in [3.63, 3.8) is 0 Å². The first kappa shape index (κ1) is 13.6. The second kappa shape index (κ2) is 5.44. The molecule has 1 rings (SSSR count). The highest BCUT2D eigenvalue weighted by molar-refractivity contribution is 7.80. The van der Waals surface area contributed by atoms with Crippen LogP contribution in [0.2, 0.25) is 0 Å². The van der Waals surface area contributed by atoms with E-state index in [0.717, 1.165) is 11.5 Å². The number of hydrogen-bond donors (Lipinski definition) is 4. The van der Waals surface area contributed by atoms with Crippen molar-refractivity contribution in [1.82, 2.24) is 10.6 Å². The monoisotopic (exact) mass is 242 g/mol. The van der Waals surface area contributed by atoms with Gasteiger partial charge in [0.15, 0.2) is 5.11 Å². The van der Waals surface area contributed by atoms with Gasteiger partial charge in [-0.15, -0.1) is 0 Å². The normalized spacial score (nSPS) is 26.7. The van der Waals surface area contributed by atoms with Crippen LogP contribution in [0.1, 0.15) is 20.3 Å². The first-order valence-electron chi connectivity index (χ1n) is 3.95. The molecule has 0 aromatic carbocycles. The fraction of sp³-hybridized carbons (Fsp3) is 0.833. The smallest absolute Gasteiger partial charge is 0.360 e. The fourth-order valence-electron chi connectivity index (χ4n) is 1.14. The Bertz CT molecular complexity index is 270. The van der Waals surface area contributed by atoms with Gasteiger partial charge < -0.3 is 10.6 Å². The second-order valence-electron chi connectivity index (χ2n) is 3.10. The molecular weight excluding hydrogens is 228 g/mol. The van der Waals surface area contributed by atoms with E-state index in [-0.39, 0.29) is 0 Å². The van der Waals surface area contributed by atoms with Crippen LogP contribution in [0.15, 0.2) is 0 Å². The summed E-state index contributed by atoms with van der Waals surface area (Å²) in [7, 11) is -4.67. The zero-order chi connectivity index (χ0) is 11.4. The van der Waals surface area contributed by atoms with E-state index in [4.69, 9.17) is 29.7 Å². The summed E-state index contributed by atoms with van der Waals surface area (Å²) in [6.45, 7) is 4.28. The lowest BCUT2D eigenvalue weighted by Crippen LogP contribution is -2.51. The Morgan fingerprint density at radius 2 is 1.57 bits per heavy atom. The third-order valence-electron chi connectivity index (χ3n) is 1.46. The molecule has 1 saturated heterocycles. The first-order valence-corrected chi connectivity index (χ1v) is 5.76. The van der Waals surface area contributed by atoms with Gasteiger partial charge >= 0.3 is 10.4 Å². The van der Waals surface area contributed by atoms with Gasteiger partial charge in [-0.25, -0.2) is 0 Å². The molecule has 14 heavy (non-hydrogen) atoms. The zero-order valence-corrected chi connectivity index (χ0v) is 9.52. The first-order chi connectivity index (χ1) is 6.18. The van der Waals surface area contributed by atoms with Gasteiger partial charge in [0.05, 0.1) is 0 Å². The summed E-state index contributed by atoms with van der Waals surface area (Å²) in [6.07, 6.45) is 1.15. The predicted octanol–water partition coefficient (Wildman–Crippen LogP) is -0.0216. The average Bonchev–Trinajstić information content (AvgIpc) is 1.77. The van der Waals surface area contributed by atoms with Gasteiger partial charge in [0.2, 0.25) is 0 Å². The van der Waals surface area contributed by atoms with Crippen LogP contribution < -0.4 is 10.6 Å². The average molecular weight is 242 g/mol. The van der Waals surface area contributed by atoms with Crippen LogP contribution >= 0.6 is 12.2 Å². The lowest BCUT2D eigenvalue weighted by Gasteiger charge is -2.28. The lowest BCUT2D eigenvalue weighted by molar-refractivity contribution is 0.381. The molecule has 0 amide bonds. The summed E-state index contributed by atoms with van der Waals surface area (Å²) in [5, 5.41) is 7.05. The molecule has 0 saturated carbocycles. The lowest BCUT2D eigenvalue weighted by atomic mass is 10.1. The standard InChI is InChI=1S/C6H12N2S.H2O4S/c1-4-3-5(2)8-6(9)7-4;1-5(2,3)4/h4-5H,3H2,1-2H3,(H2,7,8,9);(H2,1,2,3,4). The quantitative estimate of drug-likeness (QED) is 0.350. The molecular formula is C6H14N2O4S2. The fourth-order valence-corrected chi connectivity index (χ4v) is 1.54. The van der Waals surface area contributed by atoms with E-state index in [2.05, 4.69) is 24.5 Å². The molecule has 6 nitrogen and oxygen atoms in total. The minimum atomic E-state index is -4.67. The maximum atomic E-state index is 8.74. The highest BCUT2D eigenvalue weighted by atomic mass is 32.3. The molecule has 8 heteroatoms. The van der Waals surface area contributed by atoms with Crippen molar-refractivity contribution in [3.05, 3.63) is 0 Å². The summed E-state index contributed by atoms with van der Waals surface area (Å²) in [5.74, 6) is 0. The highest BCUT2D eigenvalue weighted by Crippen LogP contribution is 2.01. The van der Waals surface area contributed by atoms with Crippen molar-refractivity contribution < 1.29 is 17.5 Å². The third kappa shape index (κ3) is 9.65. The van der Waals surface area contributed by atoms with E-state index < -0.39 is 10.4 Å². The Morgan fingerprint density at radius 1 is 1.29 bits per heavy atom. The molecule has 0 aliphatic carbocycles. The van der Waals surface area contributed by atoms with Crippen LogP contribution in [-0.4, -0.2) is 34.7 Å². The molecule has 4 N–H and O–H groups in total. The summed E-state index contributed by atoms with van der Waals surface area (Å²) in [4.78, 5) is 0. The van der Waals surface area contributed by atoms with E-state index >= 15 is 0 Å². The molecule has 2 unspecified atom stereocenters. The minimum absolute atomic E-state index is 0.536. The molecule has 1 fully saturated rings. The molecule has 0 radical (unpaired) electrons. The maximum Gasteiger partial charge on any atom is 0.394 e. The molecule has 0 bridgehead atoms. The van der Waals surface area contributed by atoms with Crippen molar-refractivity contribution in [2.24, 2.45) is 0 Å². The van der Waals surface area contributed by atoms with Crippen molar-refractivity contribution in [2.75, 3.05) is 0 Å². The summed E-state index contributed by atoms with van der Waals surface area (Å²) < 4.78 is 31.6. The van der Waals surface area contributed by atoms with Crippen molar-refractivity contribution >= 4 is 27.7 Å². The number of hydrogen-bond acceptors (Lipinski definition) is 3. The minimum Gasteiger partial charge on any atom is -0.360 e. The van der Waals surface area contributed by atoms with Crippen LogP contribution in [0.5, 0.6) is 0 Å². The second-order valence-corrected chi connectivity index (χ2v) is 4.41. The van der Waals surface area contributed by atoms with E-state index in [1.807, 2.05) is 0 Å². The van der Waals surface area contributed by atoms with Crippen LogP contribution in [-0.2, 0) is 10.4 Å². The van der Waals surface area contributed by atoms with Gasteiger partial charge in [-0.2, -0.15) is 8.42 Å². The predicted molar refractivity (Wildman–Crippen MR) is 56.6 cm³/mol. The Labute approximate surface area is 88.7 Å². The highest BCUT2D eigenvalue weighted by Gasteiger charge is 2.15. The summed E-state index contributed by atoms with van der Waals surface area (Å²) in [5.41, 5.74) is 0. The Balaban J connectivity index is 0.000000292. The molecule has 0 aromatic rings. The molecule has 1 aliphatic rings. The SMILES string of the molecule is CC1CC(C)NC(=S)N1.O=S(=O)(O)O. The van der Waals surface area contributed by atoms with Gasteiger partial charge in [-0.1, -0.05) is 0 Å². The van der Waals surface area contributed by atoms with Gasteiger partial charge in [0, 0.05) is 12.1 Å². The molecule has 1 aliphatic heterocycles. The number of thiocarbonyl (C=S) groups is 1. The van der Waals surface area contributed by atoms with E-state index in [0.29, 0.717) is 12.1 Å². The number of nitrogens with one attached hydrogen (secondary N) is 2. The van der Waals surface area contributed by atoms with Crippen LogP contribution in [0.25, 0.3) is 0 Å². The van der Waals surface area contributed by atoms with E-state index in [1.165, 1.54) is 0 Å². The molecule has 2 atom stereocenters. The largest absolute Gasteiger partial charge is 0.394 e. The zero-order valence-electron chi connectivity index (χ0n) is 7.89. The Hall–Kier alpha value is -0.440. The van der Waals surface area contributed by atoms with Gasteiger partial charge in [0.1, 0.15) is 0 Å². The molecule has 0 aromatic heterocycles. The van der Waals surface area contributed by atoms with Crippen molar-refractivity contribution in [3.8, 4) is 0 Å². The van der Waals surface area contributed by atoms with Gasteiger partial charge in [0.25, 0.3) is 0 Å². The van der Waals surface area contributed by atoms with E-state index in [1.54, 1.807) is 0 Å². The van der Waals surface area contributed by atoms with Gasteiger partial charge in [-0.3, -0.25) is 9.11 Å². The Morgan fingerprint density at radius 3 is 1.79 bits per heavy atom. The summed E-state index contributed by atoms with van der Waals surface area (Å²) in [6, 6.07) is 1.07. The van der Waals surface area contributed by atoms with Crippen molar-refractivity contribution in [2.45, 2.75) is 32.4 Å². The van der Waals surface area contributed by atoms with Crippen LogP contribution in [0, 0.1) is 0 Å². The Kier molecular flexibility index (Phi) is 5.27. The maximum absolute atomic E-state index is 8.74. The van der Waals surface area contributed by atoms with E-state index in [9.17, 15) is 0 Å². The molecule has 84 valence electrons. The molecule has 1 heterocycles. The topological polar surface area (TPSA) is 98.7 Å². The van der Waals surface area contributed by atoms with Crippen molar-refractivity contribution in [1.29, 1.82) is 0 Å². The van der Waals surface area contributed by atoms with Crippen LogP contribution in [0.3, 0.4) is 0 Å². The molecule has 0 spiro atoms.